The molecular weight excluding hydrogens is 428 g/mol. The van der Waals surface area contributed by atoms with Crippen LogP contribution < -0.4 is 4.90 Å². The molecule has 0 saturated carbocycles. The lowest BCUT2D eigenvalue weighted by Gasteiger charge is -2.45. The number of carbonyl (C=O) groups is 1. The lowest BCUT2D eigenvalue weighted by molar-refractivity contribution is -0.137. The third-order valence-electron chi connectivity index (χ3n) is 5.82. The van der Waals surface area contributed by atoms with E-state index in [1.807, 2.05) is 23.1 Å². The monoisotopic (exact) mass is 452 g/mol. The Morgan fingerprint density at radius 3 is 2.66 bits per heavy atom. The van der Waals surface area contributed by atoms with Gasteiger partial charge >= 0.3 is 0 Å². The van der Waals surface area contributed by atoms with E-state index in [2.05, 4.69) is 28.5 Å². The van der Waals surface area contributed by atoms with Gasteiger partial charge in [-0.25, -0.2) is 8.42 Å². The third-order valence-corrected chi connectivity index (χ3v) is 8.81. The van der Waals surface area contributed by atoms with Gasteiger partial charge < -0.3 is 9.80 Å². The van der Waals surface area contributed by atoms with E-state index in [1.165, 1.54) is 4.91 Å². The van der Waals surface area contributed by atoms with Crippen LogP contribution in [-0.2, 0) is 14.6 Å². The minimum Gasteiger partial charge on any atom is -0.367 e. The van der Waals surface area contributed by atoms with Crippen molar-refractivity contribution in [1.82, 2.24) is 4.90 Å². The molecular formula is C21H25ClN2O3S2. The van der Waals surface area contributed by atoms with E-state index in [9.17, 15) is 13.2 Å². The fourth-order valence-corrected chi connectivity index (χ4v) is 6.79. The molecule has 3 heterocycles. The molecule has 1 unspecified atom stereocenters. The van der Waals surface area contributed by atoms with Crippen molar-refractivity contribution in [2.75, 3.05) is 36.0 Å². The predicted octanol–water partition coefficient (Wildman–Crippen LogP) is 3.72. The number of hydrogen-bond donors (Lipinski definition) is 0. The summed E-state index contributed by atoms with van der Waals surface area (Å²) in [5.41, 5.74) is 1.07. The van der Waals surface area contributed by atoms with Crippen LogP contribution in [0.5, 0.6) is 0 Å². The number of carbonyl (C=O) groups excluding carboxylic acids is 1. The maximum atomic E-state index is 13.4. The zero-order chi connectivity index (χ0) is 20.4. The average molecular weight is 453 g/mol. The summed E-state index contributed by atoms with van der Waals surface area (Å²) in [5, 5.41) is 2.79. The Morgan fingerprint density at radius 1 is 1.17 bits per heavy atom. The maximum Gasteiger partial charge on any atom is 0.226 e. The van der Waals surface area contributed by atoms with Crippen LogP contribution in [-0.4, -0.2) is 56.4 Å². The Labute approximate surface area is 181 Å². The van der Waals surface area contributed by atoms with E-state index in [0.717, 1.165) is 18.7 Å². The molecule has 5 nitrogen and oxygen atoms in total. The van der Waals surface area contributed by atoms with Crippen LogP contribution >= 0.6 is 23.4 Å². The summed E-state index contributed by atoms with van der Waals surface area (Å²) in [7, 11) is -2.98. The number of allylic oxidation sites excluding steroid dienone is 2. The van der Waals surface area contributed by atoms with Gasteiger partial charge in [-0.2, -0.15) is 0 Å². The third kappa shape index (κ3) is 4.84. The van der Waals surface area contributed by atoms with Crippen molar-refractivity contribution in [3.8, 4) is 0 Å². The number of halogens is 1. The number of anilines is 1. The van der Waals surface area contributed by atoms with E-state index >= 15 is 0 Å². The Kier molecular flexibility index (Phi) is 6.27. The largest absolute Gasteiger partial charge is 0.367 e. The fourth-order valence-electron chi connectivity index (χ4n) is 4.20. The molecule has 0 bridgehead atoms. The van der Waals surface area contributed by atoms with Crippen molar-refractivity contribution >= 4 is 44.8 Å². The van der Waals surface area contributed by atoms with E-state index in [0.29, 0.717) is 31.0 Å². The van der Waals surface area contributed by atoms with Crippen LogP contribution in [0.3, 0.4) is 0 Å². The van der Waals surface area contributed by atoms with Crippen LogP contribution in [0.1, 0.15) is 19.3 Å². The minimum atomic E-state index is -2.98. The molecule has 29 heavy (non-hydrogen) atoms. The van der Waals surface area contributed by atoms with Crippen LogP contribution in [0.25, 0.3) is 0 Å². The van der Waals surface area contributed by atoms with Crippen molar-refractivity contribution in [2.24, 2.45) is 5.92 Å². The Balaban J connectivity index is 1.55. The topological polar surface area (TPSA) is 57.7 Å². The zero-order valence-electron chi connectivity index (χ0n) is 16.2. The van der Waals surface area contributed by atoms with E-state index < -0.39 is 9.84 Å². The van der Waals surface area contributed by atoms with Gasteiger partial charge in [-0.1, -0.05) is 29.8 Å². The fraction of sp³-hybridized carbons (Fsp3) is 0.476. The quantitative estimate of drug-likeness (QED) is 0.699. The van der Waals surface area contributed by atoms with Crippen molar-refractivity contribution < 1.29 is 13.2 Å². The maximum absolute atomic E-state index is 13.4. The first-order chi connectivity index (χ1) is 13.9. The van der Waals surface area contributed by atoms with Crippen molar-refractivity contribution in [3.05, 3.63) is 51.8 Å². The Morgan fingerprint density at radius 2 is 1.97 bits per heavy atom. The summed E-state index contributed by atoms with van der Waals surface area (Å²) in [6, 6.07) is 7.80. The molecule has 0 spiro atoms. The summed E-state index contributed by atoms with van der Waals surface area (Å²) in [5.74, 6) is 0.156. The molecule has 3 aliphatic rings. The highest BCUT2D eigenvalue weighted by Crippen LogP contribution is 2.34. The van der Waals surface area contributed by atoms with Gasteiger partial charge in [-0.05, 0) is 42.9 Å². The van der Waals surface area contributed by atoms with E-state index in [1.54, 1.807) is 11.8 Å². The lowest BCUT2D eigenvalue weighted by Crippen LogP contribution is -2.57. The first kappa shape index (κ1) is 20.8. The highest BCUT2D eigenvalue weighted by Gasteiger charge is 2.38. The number of thioether (sulfide) groups is 1. The van der Waals surface area contributed by atoms with Crippen molar-refractivity contribution in [2.45, 2.75) is 25.3 Å². The molecule has 1 aromatic rings. The van der Waals surface area contributed by atoms with Gasteiger partial charge in [0.2, 0.25) is 5.91 Å². The second-order valence-corrected chi connectivity index (χ2v) is 11.5. The number of rotatable bonds is 3. The van der Waals surface area contributed by atoms with E-state index in [-0.39, 0.29) is 29.4 Å². The van der Waals surface area contributed by atoms with Gasteiger partial charge in [-0.15, -0.1) is 11.8 Å². The molecule has 2 fully saturated rings. The van der Waals surface area contributed by atoms with Crippen molar-refractivity contribution in [1.29, 1.82) is 0 Å². The highest BCUT2D eigenvalue weighted by atomic mass is 35.5. The van der Waals surface area contributed by atoms with E-state index in [4.69, 9.17) is 11.6 Å². The highest BCUT2D eigenvalue weighted by molar-refractivity contribution is 8.05. The average Bonchev–Trinajstić information content (AvgIpc) is 2.73. The molecule has 0 radical (unpaired) electrons. The molecule has 1 atom stereocenters. The second kappa shape index (κ2) is 8.74. The standard InChI is InChI=1S/C21H25ClN2O3S2/c22-17-4-3-5-18(14-17)23-9-10-24(19(15-23)20-6-1-2-11-28-20)21(25)16-7-12-29(26,27)13-8-16/h2-6,11,14,16,19H,1,7-10,12-13,15H2. The van der Waals surface area contributed by atoms with Gasteiger partial charge in [0, 0.05) is 41.2 Å². The Hall–Kier alpha value is -1.44. The van der Waals surface area contributed by atoms with Gasteiger partial charge in [0.25, 0.3) is 0 Å². The summed E-state index contributed by atoms with van der Waals surface area (Å²) >= 11 is 7.86. The lowest BCUT2D eigenvalue weighted by atomic mass is 9.98. The molecule has 156 valence electrons. The number of piperazine rings is 1. The van der Waals surface area contributed by atoms with Crippen molar-refractivity contribution in [3.63, 3.8) is 0 Å². The summed E-state index contributed by atoms with van der Waals surface area (Å²) in [6.07, 6.45) is 6.06. The molecule has 0 aliphatic carbocycles. The second-order valence-electron chi connectivity index (χ2n) is 7.73. The summed E-state index contributed by atoms with van der Waals surface area (Å²) in [4.78, 5) is 18.8. The molecule has 1 amide bonds. The molecule has 4 rings (SSSR count). The molecule has 8 heteroatoms. The number of nitrogens with zero attached hydrogens (tertiary/aromatic N) is 2. The van der Waals surface area contributed by atoms with Gasteiger partial charge in [0.15, 0.2) is 0 Å². The Bertz CT molecular complexity index is 931. The van der Waals surface area contributed by atoms with Gasteiger partial charge in [-0.3, -0.25) is 4.79 Å². The molecule has 0 aromatic heterocycles. The van der Waals surface area contributed by atoms with Gasteiger partial charge in [0.05, 0.1) is 17.5 Å². The number of amides is 1. The van der Waals surface area contributed by atoms with Crippen LogP contribution in [0.4, 0.5) is 5.69 Å². The van der Waals surface area contributed by atoms with Gasteiger partial charge in [0.1, 0.15) is 9.84 Å². The minimum absolute atomic E-state index is 0.0243. The summed E-state index contributed by atoms with van der Waals surface area (Å²) in [6.45, 7) is 2.08. The smallest absolute Gasteiger partial charge is 0.226 e. The molecule has 3 aliphatic heterocycles. The number of benzene rings is 1. The normalized spacial score (nSPS) is 25.0. The number of sulfone groups is 1. The molecule has 2 saturated heterocycles. The zero-order valence-corrected chi connectivity index (χ0v) is 18.6. The SMILES string of the molecule is O=C(C1CCS(=O)(=O)CC1)N1CCN(c2cccc(Cl)c2)CC1C1=CCC=CS1. The predicted molar refractivity (Wildman–Crippen MR) is 120 cm³/mol. The van der Waals surface area contributed by atoms with Crippen LogP contribution in [0, 0.1) is 5.92 Å². The van der Waals surface area contributed by atoms with Crippen LogP contribution in [0.15, 0.2) is 46.7 Å². The first-order valence-corrected chi connectivity index (χ1v) is 13.0. The summed E-state index contributed by atoms with van der Waals surface area (Å²) < 4.78 is 23.5. The molecule has 1 aromatic carbocycles. The number of hydrogen-bond acceptors (Lipinski definition) is 5. The van der Waals surface area contributed by atoms with Crippen LogP contribution in [0.2, 0.25) is 5.02 Å². The molecule has 0 N–H and O–H groups in total. The first-order valence-electron chi connectivity index (χ1n) is 9.96.